The molecule has 0 rings (SSSR count). The lowest BCUT2D eigenvalue weighted by Crippen LogP contribution is -2.37. The van der Waals surface area contributed by atoms with Crippen LogP contribution in [0.2, 0.25) is 0 Å². The van der Waals surface area contributed by atoms with E-state index >= 15 is 0 Å². The Bertz CT molecular complexity index is 1170. The van der Waals surface area contributed by atoms with Crippen molar-refractivity contribution in [1.29, 1.82) is 0 Å². The van der Waals surface area contributed by atoms with E-state index in [9.17, 15) is 19.0 Å². The molecule has 0 saturated carbocycles. The molecule has 0 amide bonds. The fourth-order valence-electron chi connectivity index (χ4n) is 8.10. The Labute approximate surface area is 409 Å². The van der Waals surface area contributed by atoms with Crippen LogP contribution >= 0.6 is 7.82 Å². The zero-order chi connectivity index (χ0) is 48.5. The minimum atomic E-state index is -4.63. The van der Waals surface area contributed by atoms with E-state index in [1.165, 1.54) is 199 Å². The van der Waals surface area contributed by atoms with Crippen LogP contribution in [-0.4, -0.2) is 70.0 Å². The molecule has 0 saturated heterocycles. The number of hydrogen-bond acceptors (Lipinski definition) is 8. The SMILES string of the molecule is CCCCCCC/C=C\C/C=C\CCCCCCCCCCCCCCCCCC(=O)OC(COC(=O)CCCCCCCCCCCCCCCCC)COP(=O)([O-])OCC[N+](C)(C)C. The molecule has 0 aliphatic heterocycles. The van der Waals surface area contributed by atoms with E-state index in [4.69, 9.17) is 18.5 Å². The number of allylic oxidation sites excluding steroid dienone is 4. The highest BCUT2D eigenvalue weighted by Gasteiger charge is 2.22. The highest BCUT2D eigenvalue weighted by atomic mass is 31.2. The van der Waals surface area contributed by atoms with Gasteiger partial charge in [0.15, 0.2) is 6.10 Å². The number of ether oxygens (including phenoxy) is 2. The van der Waals surface area contributed by atoms with Gasteiger partial charge in [0.2, 0.25) is 0 Å². The van der Waals surface area contributed by atoms with Gasteiger partial charge in [-0.15, -0.1) is 0 Å². The molecule has 2 atom stereocenters. The summed E-state index contributed by atoms with van der Waals surface area (Å²) in [5, 5.41) is 0. The monoisotopic (exact) mass is 954 g/mol. The molecule has 0 spiro atoms. The molecule has 0 aliphatic carbocycles. The number of phosphoric ester groups is 1. The van der Waals surface area contributed by atoms with Crippen molar-refractivity contribution in [3.8, 4) is 0 Å². The second kappa shape index (κ2) is 48.5. The van der Waals surface area contributed by atoms with Crippen molar-refractivity contribution in [3.05, 3.63) is 24.3 Å². The van der Waals surface area contributed by atoms with Gasteiger partial charge >= 0.3 is 11.9 Å². The summed E-state index contributed by atoms with van der Waals surface area (Å²) < 4.78 is 34.1. The minimum absolute atomic E-state index is 0.0278. The van der Waals surface area contributed by atoms with Crippen molar-refractivity contribution in [2.24, 2.45) is 0 Å². The van der Waals surface area contributed by atoms with Crippen molar-refractivity contribution in [3.63, 3.8) is 0 Å². The Balaban J connectivity index is 4.11. The van der Waals surface area contributed by atoms with Gasteiger partial charge in [-0.2, -0.15) is 0 Å². The Morgan fingerprint density at radius 1 is 0.470 bits per heavy atom. The molecule has 0 bridgehead atoms. The summed E-state index contributed by atoms with van der Waals surface area (Å²) in [6.07, 6.45) is 56.5. The Kier molecular flexibility index (Phi) is 47.4. The molecular weight excluding hydrogens is 846 g/mol. The van der Waals surface area contributed by atoms with Gasteiger partial charge in [-0.05, 0) is 44.9 Å². The average molecular weight is 954 g/mol. The summed E-state index contributed by atoms with van der Waals surface area (Å²) in [6, 6.07) is 0. The first-order valence-corrected chi connectivity index (χ1v) is 29.5. The van der Waals surface area contributed by atoms with Crippen molar-refractivity contribution >= 4 is 19.8 Å². The molecule has 10 heteroatoms. The third-order valence-electron chi connectivity index (χ3n) is 12.5. The first-order chi connectivity index (χ1) is 32.0. The number of quaternary nitrogens is 1. The number of nitrogens with zero attached hydrogens (tertiary/aromatic N) is 1. The van der Waals surface area contributed by atoms with Gasteiger partial charge in [0.1, 0.15) is 19.8 Å². The summed E-state index contributed by atoms with van der Waals surface area (Å²) in [4.78, 5) is 37.8. The molecule has 0 fully saturated rings. The van der Waals surface area contributed by atoms with Gasteiger partial charge in [-0.3, -0.25) is 14.2 Å². The van der Waals surface area contributed by atoms with Gasteiger partial charge in [0.05, 0.1) is 27.7 Å². The molecule has 9 nitrogen and oxygen atoms in total. The number of carbonyl (C=O) groups excluding carboxylic acids is 2. The highest BCUT2D eigenvalue weighted by molar-refractivity contribution is 7.45. The van der Waals surface area contributed by atoms with Crippen LogP contribution in [0.4, 0.5) is 0 Å². The van der Waals surface area contributed by atoms with E-state index in [1.54, 1.807) is 0 Å². The summed E-state index contributed by atoms with van der Waals surface area (Å²) >= 11 is 0. The summed E-state index contributed by atoms with van der Waals surface area (Å²) in [5.41, 5.74) is 0. The average Bonchev–Trinajstić information content (AvgIpc) is 3.27. The van der Waals surface area contributed by atoms with Crippen molar-refractivity contribution in [1.82, 2.24) is 0 Å². The predicted octanol–water partition coefficient (Wildman–Crippen LogP) is 16.4. The maximum Gasteiger partial charge on any atom is 0.306 e. The Hall–Kier alpha value is -1.51. The quantitative estimate of drug-likeness (QED) is 0.0195. The van der Waals surface area contributed by atoms with Gasteiger partial charge in [-0.1, -0.05) is 237 Å². The fourth-order valence-corrected chi connectivity index (χ4v) is 8.83. The summed E-state index contributed by atoms with van der Waals surface area (Å²) in [7, 11) is 1.18. The van der Waals surface area contributed by atoms with Crippen molar-refractivity contribution < 1.29 is 42.1 Å². The molecule has 0 aromatic heterocycles. The van der Waals surface area contributed by atoms with Crippen LogP contribution < -0.4 is 4.89 Å². The summed E-state index contributed by atoms with van der Waals surface area (Å²) in [5.74, 6) is -0.819. The lowest BCUT2D eigenvalue weighted by Gasteiger charge is -2.28. The number of carbonyl (C=O) groups is 2. The minimum Gasteiger partial charge on any atom is -0.756 e. The second-order valence-corrected chi connectivity index (χ2v) is 21.7. The van der Waals surface area contributed by atoms with Gasteiger partial charge in [0.25, 0.3) is 7.82 Å². The lowest BCUT2D eigenvalue weighted by atomic mass is 10.0. The van der Waals surface area contributed by atoms with Crippen molar-refractivity contribution in [2.75, 3.05) is 47.5 Å². The topological polar surface area (TPSA) is 111 Å². The fraction of sp³-hybridized carbons (Fsp3) is 0.893. The maximum atomic E-state index is 12.8. The number of phosphoric acid groups is 1. The zero-order valence-corrected chi connectivity index (χ0v) is 45.1. The zero-order valence-electron chi connectivity index (χ0n) is 44.2. The normalized spacial score (nSPS) is 13.5. The van der Waals surface area contributed by atoms with Crippen LogP contribution in [0.25, 0.3) is 0 Å². The molecule has 0 aliphatic rings. The maximum absolute atomic E-state index is 12.8. The Morgan fingerprint density at radius 2 is 0.818 bits per heavy atom. The first-order valence-electron chi connectivity index (χ1n) is 28.0. The molecule has 2 unspecified atom stereocenters. The lowest BCUT2D eigenvalue weighted by molar-refractivity contribution is -0.870. The molecule has 66 heavy (non-hydrogen) atoms. The van der Waals surface area contributed by atoms with E-state index < -0.39 is 26.5 Å². The van der Waals surface area contributed by atoms with Crippen LogP contribution in [0.15, 0.2) is 24.3 Å². The van der Waals surface area contributed by atoms with E-state index in [0.717, 1.165) is 38.5 Å². The number of hydrogen-bond donors (Lipinski definition) is 0. The number of unbranched alkanes of at least 4 members (excludes halogenated alkanes) is 34. The molecule has 0 N–H and O–H groups in total. The molecular formula is C56H108NO8P. The van der Waals surface area contributed by atoms with E-state index in [2.05, 4.69) is 38.2 Å². The van der Waals surface area contributed by atoms with E-state index in [-0.39, 0.29) is 32.0 Å². The van der Waals surface area contributed by atoms with Crippen LogP contribution in [-0.2, 0) is 32.7 Å². The first kappa shape index (κ1) is 64.5. The predicted molar refractivity (Wildman–Crippen MR) is 278 cm³/mol. The van der Waals surface area contributed by atoms with Gasteiger partial charge < -0.3 is 27.9 Å². The van der Waals surface area contributed by atoms with Crippen LogP contribution in [0, 0.1) is 0 Å². The Morgan fingerprint density at radius 3 is 1.20 bits per heavy atom. The molecule has 0 heterocycles. The van der Waals surface area contributed by atoms with Crippen LogP contribution in [0.5, 0.6) is 0 Å². The van der Waals surface area contributed by atoms with Crippen LogP contribution in [0.3, 0.4) is 0 Å². The summed E-state index contributed by atoms with van der Waals surface area (Å²) in [6.45, 7) is 4.27. The highest BCUT2D eigenvalue weighted by Crippen LogP contribution is 2.38. The van der Waals surface area contributed by atoms with Gasteiger partial charge in [-0.25, -0.2) is 0 Å². The number of rotatable bonds is 52. The molecule has 0 radical (unpaired) electrons. The second-order valence-electron chi connectivity index (χ2n) is 20.3. The van der Waals surface area contributed by atoms with Crippen molar-refractivity contribution in [2.45, 2.75) is 277 Å². The molecule has 0 aromatic carbocycles. The van der Waals surface area contributed by atoms with E-state index in [1.807, 2.05) is 21.1 Å². The molecule has 390 valence electrons. The molecule has 0 aromatic rings. The van der Waals surface area contributed by atoms with E-state index in [0.29, 0.717) is 17.4 Å². The van der Waals surface area contributed by atoms with Gasteiger partial charge in [0, 0.05) is 12.8 Å². The number of likely N-dealkylation sites (N-methyl/N-ethyl adjacent to an activating group) is 1. The number of esters is 2. The standard InChI is InChI=1S/C56H108NO8P/c1-6-8-10-12-14-16-18-20-22-23-24-25-26-27-28-29-30-31-32-33-35-37-39-41-43-45-47-49-56(59)65-54(53-64-66(60,61)63-51-50-57(3,4)5)52-62-55(58)48-46-44-42-40-38-36-34-21-19-17-15-13-11-9-7-2/h18,20,23-24,54H,6-17,19,21-22,25-53H2,1-5H3/b20-18-,24-23-. The smallest absolute Gasteiger partial charge is 0.306 e. The largest absolute Gasteiger partial charge is 0.756 e. The third-order valence-corrected chi connectivity index (χ3v) is 13.4. The third kappa shape index (κ3) is 51.9. The van der Waals surface area contributed by atoms with Crippen LogP contribution in [0.1, 0.15) is 271 Å².